The number of anilines is 3. The molecule has 3 heteroatoms. The molecule has 2 heterocycles. The highest BCUT2D eigenvalue weighted by atomic mass is 16.3. The van der Waals surface area contributed by atoms with Gasteiger partial charge in [-0.1, -0.05) is 91.0 Å². The number of rotatable bonds is 4. The zero-order chi connectivity index (χ0) is 28.3. The van der Waals surface area contributed by atoms with Crippen molar-refractivity contribution in [2.45, 2.75) is 0 Å². The van der Waals surface area contributed by atoms with Crippen molar-refractivity contribution in [2.75, 3.05) is 4.90 Å². The van der Waals surface area contributed by atoms with E-state index < -0.39 is 0 Å². The van der Waals surface area contributed by atoms with E-state index in [-0.39, 0.29) is 0 Å². The second-order valence-electron chi connectivity index (χ2n) is 11.0. The molecule has 0 aliphatic rings. The third kappa shape index (κ3) is 3.83. The minimum atomic E-state index is 0.865. The maximum Gasteiger partial charge on any atom is 0.137 e. The van der Waals surface area contributed by atoms with Crippen molar-refractivity contribution < 1.29 is 8.83 Å². The molecule has 0 saturated carbocycles. The maximum atomic E-state index is 6.34. The van der Waals surface area contributed by atoms with Crippen molar-refractivity contribution in [3.05, 3.63) is 152 Å². The van der Waals surface area contributed by atoms with Crippen LogP contribution < -0.4 is 4.90 Å². The molecule has 9 rings (SSSR count). The van der Waals surface area contributed by atoms with Gasteiger partial charge >= 0.3 is 0 Å². The molecule has 0 atom stereocenters. The smallest absolute Gasteiger partial charge is 0.137 e. The van der Waals surface area contributed by atoms with Gasteiger partial charge in [0.25, 0.3) is 0 Å². The summed E-state index contributed by atoms with van der Waals surface area (Å²) >= 11 is 0. The Labute approximate surface area is 247 Å². The molecule has 0 unspecified atom stereocenters. The van der Waals surface area contributed by atoms with Crippen LogP contribution in [0.1, 0.15) is 0 Å². The third-order valence-corrected chi connectivity index (χ3v) is 8.43. The van der Waals surface area contributed by atoms with Crippen LogP contribution in [-0.2, 0) is 0 Å². The Morgan fingerprint density at radius 2 is 1.00 bits per heavy atom. The maximum absolute atomic E-state index is 6.34. The first-order chi connectivity index (χ1) is 21.3. The molecule has 9 aromatic rings. The van der Waals surface area contributed by atoms with E-state index in [1.807, 2.05) is 12.1 Å². The van der Waals surface area contributed by atoms with Gasteiger partial charge in [-0.2, -0.15) is 0 Å². The molecule has 43 heavy (non-hydrogen) atoms. The summed E-state index contributed by atoms with van der Waals surface area (Å²) in [5.74, 6) is 0. The Bertz CT molecular complexity index is 2470. The fourth-order valence-electron chi connectivity index (χ4n) is 6.43. The first-order valence-electron chi connectivity index (χ1n) is 14.5. The Kier molecular flexibility index (Phi) is 5.20. The Balaban J connectivity index is 1.29. The van der Waals surface area contributed by atoms with Gasteiger partial charge in [0.1, 0.15) is 22.3 Å². The van der Waals surface area contributed by atoms with Crippen molar-refractivity contribution >= 4 is 71.7 Å². The average Bonchev–Trinajstić information content (AvgIpc) is 3.63. The molecule has 0 N–H and O–H groups in total. The van der Waals surface area contributed by atoms with Crippen LogP contribution in [-0.4, -0.2) is 0 Å². The topological polar surface area (TPSA) is 29.5 Å². The van der Waals surface area contributed by atoms with Crippen molar-refractivity contribution in [1.82, 2.24) is 0 Å². The van der Waals surface area contributed by atoms with E-state index in [9.17, 15) is 0 Å². The Morgan fingerprint density at radius 1 is 0.349 bits per heavy atom. The second kappa shape index (κ2) is 9.37. The molecular formula is C40H25NO2. The number of hydrogen-bond donors (Lipinski definition) is 0. The van der Waals surface area contributed by atoms with E-state index >= 15 is 0 Å². The number of fused-ring (bicyclic) bond motifs is 8. The number of furan rings is 2. The predicted octanol–water partition coefficient (Wildman–Crippen LogP) is 11.8. The predicted molar refractivity (Wildman–Crippen MR) is 179 cm³/mol. The summed E-state index contributed by atoms with van der Waals surface area (Å²) in [5.41, 5.74) is 9.00. The standard InChI is InChI=1S/C40H25NO2/c1-2-9-26(10-3-1)28-12-8-13-29(23-28)41(31-18-20-34-33-15-6-7-16-36(33)43-39(34)25-31)30-19-22-37-35(24-30)40-32-14-5-4-11-27(32)17-21-38(40)42-37/h1-25H. The Morgan fingerprint density at radius 3 is 1.93 bits per heavy atom. The van der Waals surface area contributed by atoms with Crippen LogP contribution in [0.15, 0.2) is 160 Å². The first-order valence-corrected chi connectivity index (χ1v) is 14.5. The van der Waals surface area contributed by atoms with Gasteiger partial charge in [0.05, 0.1) is 0 Å². The molecule has 0 aliphatic carbocycles. The highest BCUT2D eigenvalue weighted by molar-refractivity contribution is 6.19. The lowest BCUT2D eigenvalue weighted by Gasteiger charge is -2.26. The molecular weight excluding hydrogens is 526 g/mol. The van der Waals surface area contributed by atoms with Crippen LogP contribution in [0.25, 0.3) is 65.8 Å². The van der Waals surface area contributed by atoms with E-state index in [0.717, 1.165) is 66.5 Å². The highest BCUT2D eigenvalue weighted by Gasteiger charge is 2.19. The lowest BCUT2D eigenvalue weighted by atomic mass is 10.0. The van der Waals surface area contributed by atoms with Gasteiger partial charge in [-0.15, -0.1) is 0 Å². The van der Waals surface area contributed by atoms with E-state index in [1.165, 1.54) is 16.3 Å². The van der Waals surface area contributed by atoms with Gasteiger partial charge in [0.15, 0.2) is 0 Å². The quantitative estimate of drug-likeness (QED) is 0.218. The first kappa shape index (κ1) is 23.9. The molecule has 0 spiro atoms. The molecule has 202 valence electrons. The summed E-state index contributed by atoms with van der Waals surface area (Å²) in [6.45, 7) is 0. The van der Waals surface area contributed by atoms with Crippen molar-refractivity contribution in [3.8, 4) is 11.1 Å². The summed E-state index contributed by atoms with van der Waals surface area (Å²) in [5, 5.41) is 6.86. The summed E-state index contributed by atoms with van der Waals surface area (Å²) in [7, 11) is 0. The lowest BCUT2D eigenvalue weighted by molar-refractivity contribution is 0.668. The van der Waals surface area contributed by atoms with Crippen molar-refractivity contribution in [1.29, 1.82) is 0 Å². The lowest BCUT2D eigenvalue weighted by Crippen LogP contribution is -2.10. The molecule has 0 fully saturated rings. The normalized spacial score (nSPS) is 11.7. The number of nitrogens with zero attached hydrogens (tertiary/aromatic N) is 1. The monoisotopic (exact) mass is 551 g/mol. The average molecular weight is 552 g/mol. The summed E-state index contributed by atoms with van der Waals surface area (Å²) < 4.78 is 12.7. The van der Waals surface area contributed by atoms with Crippen molar-refractivity contribution in [3.63, 3.8) is 0 Å². The van der Waals surface area contributed by atoms with Crippen molar-refractivity contribution in [2.24, 2.45) is 0 Å². The third-order valence-electron chi connectivity index (χ3n) is 8.43. The zero-order valence-electron chi connectivity index (χ0n) is 23.2. The van der Waals surface area contributed by atoms with Crippen LogP contribution >= 0.6 is 0 Å². The molecule has 0 aliphatic heterocycles. The van der Waals surface area contributed by atoms with Crippen LogP contribution in [0, 0.1) is 0 Å². The molecule has 0 radical (unpaired) electrons. The summed E-state index contributed by atoms with van der Waals surface area (Å²) in [6.07, 6.45) is 0. The van der Waals surface area contributed by atoms with Gasteiger partial charge in [-0.3, -0.25) is 0 Å². The van der Waals surface area contributed by atoms with Gasteiger partial charge in [-0.25, -0.2) is 0 Å². The number of hydrogen-bond acceptors (Lipinski definition) is 3. The van der Waals surface area contributed by atoms with E-state index in [0.29, 0.717) is 0 Å². The van der Waals surface area contributed by atoms with Crippen LogP contribution in [0.2, 0.25) is 0 Å². The fourth-order valence-corrected chi connectivity index (χ4v) is 6.43. The van der Waals surface area contributed by atoms with Gasteiger partial charge in [0, 0.05) is 44.7 Å². The zero-order valence-corrected chi connectivity index (χ0v) is 23.2. The molecule has 2 aromatic heterocycles. The van der Waals surface area contributed by atoms with E-state index in [2.05, 4.69) is 144 Å². The second-order valence-corrected chi connectivity index (χ2v) is 11.0. The largest absolute Gasteiger partial charge is 0.456 e. The number of benzene rings is 7. The fraction of sp³-hybridized carbons (Fsp3) is 0. The SMILES string of the molecule is c1ccc(-c2cccc(N(c3ccc4c(c3)oc3ccccc34)c3ccc4oc5ccc6ccccc6c5c4c3)c2)cc1. The summed E-state index contributed by atoms with van der Waals surface area (Å²) in [6, 6.07) is 53.2. The molecule has 0 bridgehead atoms. The molecule has 0 amide bonds. The van der Waals surface area contributed by atoms with E-state index in [1.54, 1.807) is 0 Å². The minimum absolute atomic E-state index is 0.865. The van der Waals surface area contributed by atoms with Gasteiger partial charge in [-0.05, 0) is 76.5 Å². The molecule has 3 nitrogen and oxygen atoms in total. The van der Waals surface area contributed by atoms with E-state index in [4.69, 9.17) is 8.83 Å². The highest BCUT2D eigenvalue weighted by Crippen LogP contribution is 2.42. The molecule has 0 saturated heterocycles. The van der Waals surface area contributed by atoms with Crippen LogP contribution in [0.3, 0.4) is 0 Å². The number of para-hydroxylation sites is 1. The minimum Gasteiger partial charge on any atom is -0.456 e. The Hall–Kier alpha value is -5.80. The summed E-state index contributed by atoms with van der Waals surface area (Å²) in [4.78, 5) is 2.31. The van der Waals surface area contributed by atoms with Gasteiger partial charge < -0.3 is 13.7 Å². The van der Waals surface area contributed by atoms with Gasteiger partial charge in [0.2, 0.25) is 0 Å². The molecule has 7 aromatic carbocycles. The van der Waals surface area contributed by atoms with Crippen LogP contribution in [0.4, 0.5) is 17.1 Å². The van der Waals surface area contributed by atoms with Crippen LogP contribution in [0.5, 0.6) is 0 Å².